The molecule has 1 amide bonds. The second-order valence-electron chi connectivity index (χ2n) is 6.06. The predicted octanol–water partition coefficient (Wildman–Crippen LogP) is 5.39. The average molecular weight is 299 g/mol. The van der Waals surface area contributed by atoms with Crippen LogP contribution in [0, 0.1) is 0 Å². The van der Waals surface area contributed by atoms with Gasteiger partial charge in [-0.15, -0.1) is 0 Å². The molecule has 1 aromatic heterocycles. The zero-order chi connectivity index (χ0) is 16.3. The van der Waals surface area contributed by atoms with Gasteiger partial charge in [-0.1, -0.05) is 24.8 Å². The minimum atomic E-state index is -0.597. The minimum absolute atomic E-state index is 0.406. The zero-order valence-corrected chi connectivity index (χ0v) is 13.4. The standard InChI is InChI=1S/C18H21NO3/c1-13(2)14-9-6-7-10-15(14)19(16-11-8-12-21-16)17(20)22-18(3,4)5/h6-12H,1H2,2-5H3. The number of allylic oxidation sites excluding steroid dienone is 1. The average Bonchev–Trinajstić information content (AvgIpc) is 2.91. The number of hydrogen-bond donors (Lipinski definition) is 0. The lowest BCUT2D eigenvalue weighted by atomic mass is 10.1. The summed E-state index contributed by atoms with van der Waals surface area (Å²) >= 11 is 0. The summed E-state index contributed by atoms with van der Waals surface area (Å²) in [4.78, 5) is 14.1. The van der Waals surface area contributed by atoms with Gasteiger partial charge in [-0.05, 0) is 45.4 Å². The summed E-state index contributed by atoms with van der Waals surface area (Å²) in [7, 11) is 0. The highest BCUT2D eigenvalue weighted by Crippen LogP contribution is 2.33. The Morgan fingerprint density at radius 2 is 1.86 bits per heavy atom. The molecule has 0 radical (unpaired) electrons. The van der Waals surface area contributed by atoms with E-state index in [0.717, 1.165) is 11.1 Å². The Balaban J connectivity index is 2.51. The summed E-state index contributed by atoms with van der Waals surface area (Å²) < 4.78 is 10.9. The molecule has 2 rings (SSSR count). The van der Waals surface area contributed by atoms with Crippen LogP contribution in [0.5, 0.6) is 0 Å². The molecule has 0 bridgehead atoms. The quantitative estimate of drug-likeness (QED) is 0.763. The summed E-state index contributed by atoms with van der Waals surface area (Å²) in [5.74, 6) is 0.406. The van der Waals surface area contributed by atoms with Gasteiger partial charge in [0.15, 0.2) is 0 Å². The van der Waals surface area contributed by atoms with Crippen molar-refractivity contribution in [3.63, 3.8) is 0 Å². The first-order chi connectivity index (χ1) is 10.3. The van der Waals surface area contributed by atoms with Crippen LogP contribution in [-0.2, 0) is 4.74 Å². The highest BCUT2D eigenvalue weighted by molar-refractivity contribution is 5.97. The molecule has 0 aliphatic carbocycles. The van der Waals surface area contributed by atoms with Gasteiger partial charge in [-0.2, -0.15) is 0 Å². The van der Waals surface area contributed by atoms with Gasteiger partial charge >= 0.3 is 6.09 Å². The first-order valence-electron chi connectivity index (χ1n) is 7.11. The number of anilines is 2. The lowest BCUT2D eigenvalue weighted by Crippen LogP contribution is -2.34. The molecule has 22 heavy (non-hydrogen) atoms. The molecule has 4 nitrogen and oxygen atoms in total. The van der Waals surface area contributed by atoms with Crippen LogP contribution in [0.3, 0.4) is 0 Å². The number of furan rings is 1. The fraction of sp³-hybridized carbons (Fsp3) is 0.278. The summed E-state index contributed by atoms with van der Waals surface area (Å²) in [6, 6.07) is 11.0. The van der Waals surface area contributed by atoms with E-state index >= 15 is 0 Å². The van der Waals surface area contributed by atoms with Gasteiger partial charge in [0.05, 0.1) is 12.0 Å². The Morgan fingerprint density at radius 3 is 2.41 bits per heavy atom. The van der Waals surface area contributed by atoms with Crippen molar-refractivity contribution in [1.82, 2.24) is 0 Å². The minimum Gasteiger partial charge on any atom is -0.448 e. The molecule has 0 saturated carbocycles. The lowest BCUT2D eigenvalue weighted by Gasteiger charge is -2.27. The molecule has 116 valence electrons. The Kier molecular flexibility index (Phi) is 4.40. The number of carbonyl (C=O) groups excluding carboxylic acids is 1. The van der Waals surface area contributed by atoms with Crippen molar-refractivity contribution in [2.24, 2.45) is 0 Å². The van der Waals surface area contributed by atoms with Crippen LogP contribution in [0.4, 0.5) is 16.4 Å². The van der Waals surface area contributed by atoms with Crippen LogP contribution in [0.1, 0.15) is 33.3 Å². The number of rotatable bonds is 3. The summed E-state index contributed by atoms with van der Waals surface area (Å²) in [5, 5.41) is 0. The van der Waals surface area contributed by atoms with E-state index in [9.17, 15) is 4.79 Å². The van der Waals surface area contributed by atoms with E-state index in [2.05, 4.69) is 6.58 Å². The van der Waals surface area contributed by atoms with E-state index in [-0.39, 0.29) is 0 Å². The third-order valence-corrected chi connectivity index (χ3v) is 2.91. The molecule has 0 atom stereocenters. The van der Waals surface area contributed by atoms with Crippen LogP contribution in [0.15, 0.2) is 53.7 Å². The van der Waals surface area contributed by atoms with E-state index in [1.807, 2.05) is 52.0 Å². The van der Waals surface area contributed by atoms with Crippen molar-refractivity contribution < 1.29 is 13.9 Å². The molecule has 0 N–H and O–H groups in total. The van der Waals surface area contributed by atoms with Crippen molar-refractivity contribution in [2.45, 2.75) is 33.3 Å². The third kappa shape index (κ3) is 3.58. The maximum Gasteiger partial charge on any atom is 0.421 e. The third-order valence-electron chi connectivity index (χ3n) is 2.91. The summed E-state index contributed by atoms with van der Waals surface area (Å²) in [6.45, 7) is 11.4. The molecule has 0 aliphatic rings. The van der Waals surface area contributed by atoms with E-state index < -0.39 is 11.7 Å². The lowest BCUT2D eigenvalue weighted by molar-refractivity contribution is 0.0594. The fourth-order valence-corrected chi connectivity index (χ4v) is 2.04. The van der Waals surface area contributed by atoms with Gasteiger partial charge in [0.2, 0.25) is 5.88 Å². The number of benzene rings is 1. The number of para-hydroxylation sites is 1. The largest absolute Gasteiger partial charge is 0.448 e. The highest BCUT2D eigenvalue weighted by atomic mass is 16.6. The predicted molar refractivity (Wildman–Crippen MR) is 88.2 cm³/mol. The number of carbonyl (C=O) groups is 1. The molecule has 0 fully saturated rings. The maximum absolute atomic E-state index is 12.6. The van der Waals surface area contributed by atoms with Gasteiger partial charge in [0, 0.05) is 11.6 Å². The first-order valence-corrected chi connectivity index (χ1v) is 7.11. The van der Waals surface area contributed by atoms with Crippen LogP contribution in [0.2, 0.25) is 0 Å². The maximum atomic E-state index is 12.6. The van der Waals surface area contributed by atoms with Crippen molar-refractivity contribution in [3.05, 3.63) is 54.8 Å². The monoisotopic (exact) mass is 299 g/mol. The topological polar surface area (TPSA) is 42.7 Å². The van der Waals surface area contributed by atoms with E-state index in [0.29, 0.717) is 11.6 Å². The van der Waals surface area contributed by atoms with Crippen LogP contribution < -0.4 is 4.90 Å². The van der Waals surface area contributed by atoms with Crippen molar-refractivity contribution in [3.8, 4) is 0 Å². The number of nitrogens with zero attached hydrogens (tertiary/aromatic N) is 1. The van der Waals surface area contributed by atoms with Crippen molar-refractivity contribution in [1.29, 1.82) is 0 Å². The normalized spacial score (nSPS) is 11.1. The Morgan fingerprint density at radius 1 is 1.18 bits per heavy atom. The van der Waals surface area contributed by atoms with E-state index in [1.54, 1.807) is 12.1 Å². The Hall–Kier alpha value is -2.49. The molecular formula is C18H21NO3. The molecular weight excluding hydrogens is 278 g/mol. The van der Waals surface area contributed by atoms with Gasteiger partial charge in [-0.25, -0.2) is 9.69 Å². The first kappa shape index (κ1) is 15.9. The summed E-state index contributed by atoms with van der Waals surface area (Å²) in [5.41, 5.74) is 1.81. The molecule has 0 aliphatic heterocycles. The van der Waals surface area contributed by atoms with E-state index in [1.165, 1.54) is 11.2 Å². The Labute approximate surface area is 131 Å². The molecule has 1 aromatic carbocycles. The van der Waals surface area contributed by atoms with Crippen LogP contribution >= 0.6 is 0 Å². The van der Waals surface area contributed by atoms with Gasteiger partial charge in [0.25, 0.3) is 0 Å². The van der Waals surface area contributed by atoms with E-state index in [4.69, 9.17) is 9.15 Å². The van der Waals surface area contributed by atoms with Gasteiger partial charge < -0.3 is 9.15 Å². The SMILES string of the molecule is C=C(C)c1ccccc1N(C(=O)OC(C)(C)C)c1ccco1. The molecule has 0 unspecified atom stereocenters. The number of amides is 1. The second-order valence-corrected chi connectivity index (χ2v) is 6.06. The van der Waals surface area contributed by atoms with Crippen LogP contribution in [-0.4, -0.2) is 11.7 Å². The number of hydrogen-bond acceptors (Lipinski definition) is 3. The van der Waals surface area contributed by atoms with Crippen LogP contribution in [0.25, 0.3) is 5.57 Å². The van der Waals surface area contributed by atoms with Gasteiger partial charge in [0.1, 0.15) is 5.60 Å². The van der Waals surface area contributed by atoms with Crippen molar-refractivity contribution in [2.75, 3.05) is 4.90 Å². The van der Waals surface area contributed by atoms with Crippen molar-refractivity contribution >= 4 is 23.2 Å². The molecule has 2 aromatic rings. The summed E-state index contributed by atoms with van der Waals surface area (Å²) in [6.07, 6.45) is 1.03. The molecule has 1 heterocycles. The zero-order valence-electron chi connectivity index (χ0n) is 13.4. The number of ether oxygens (including phenoxy) is 1. The highest BCUT2D eigenvalue weighted by Gasteiger charge is 2.28. The molecule has 4 heteroatoms. The smallest absolute Gasteiger partial charge is 0.421 e. The molecule has 0 spiro atoms. The fourth-order valence-electron chi connectivity index (χ4n) is 2.04. The van der Waals surface area contributed by atoms with Gasteiger partial charge in [-0.3, -0.25) is 0 Å². The second kappa shape index (κ2) is 6.10. The molecule has 0 saturated heterocycles. The Bertz CT molecular complexity index is 666.